The minimum atomic E-state index is -0.213. The molecule has 2 heterocycles. The van der Waals surface area contributed by atoms with Gasteiger partial charge in [-0.15, -0.1) is 0 Å². The highest BCUT2D eigenvalue weighted by Gasteiger charge is 2.26. The summed E-state index contributed by atoms with van der Waals surface area (Å²) in [6.07, 6.45) is 4.51. The first-order valence-electron chi connectivity index (χ1n) is 12.9. The summed E-state index contributed by atoms with van der Waals surface area (Å²) < 4.78 is 13.9. The number of rotatable bonds is 10. The monoisotopic (exact) mass is 497 g/mol. The van der Waals surface area contributed by atoms with Crippen LogP contribution in [0.5, 0.6) is 17.4 Å². The first-order chi connectivity index (χ1) is 18.1. The third kappa shape index (κ3) is 5.37. The van der Waals surface area contributed by atoms with Gasteiger partial charge in [0.05, 0.1) is 23.2 Å². The number of aromatic nitrogens is 2. The molecule has 1 aliphatic rings. The van der Waals surface area contributed by atoms with Gasteiger partial charge >= 0.3 is 6.03 Å². The summed E-state index contributed by atoms with van der Waals surface area (Å²) in [4.78, 5) is 19.9. The quantitative estimate of drug-likeness (QED) is 0.283. The molecule has 2 aromatic carbocycles. The van der Waals surface area contributed by atoms with Gasteiger partial charge in [0.2, 0.25) is 5.88 Å². The van der Waals surface area contributed by atoms with Gasteiger partial charge in [0.1, 0.15) is 17.6 Å². The highest BCUT2D eigenvalue weighted by molar-refractivity contribution is 5.95. The Hall–Kier alpha value is -4.09. The second-order valence-electron chi connectivity index (χ2n) is 9.22. The van der Waals surface area contributed by atoms with E-state index in [1.165, 1.54) is 0 Å². The predicted octanol–water partition coefficient (Wildman–Crippen LogP) is 5.68. The number of nitrogens with zero attached hydrogens (tertiary/aromatic N) is 4. The summed E-state index contributed by atoms with van der Waals surface area (Å²) in [5.74, 6) is 1.43. The van der Waals surface area contributed by atoms with Crippen molar-refractivity contribution in [3.63, 3.8) is 0 Å². The number of pyridine rings is 1. The van der Waals surface area contributed by atoms with Crippen LogP contribution in [0, 0.1) is 11.3 Å². The molecule has 0 bridgehead atoms. The van der Waals surface area contributed by atoms with Gasteiger partial charge in [-0.1, -0.05) is 32.0 Å². The van der Waals surface area contributed by atoms with Gasteiger partial charge in [0, 0.05) is 41.7 Å². The van der Waals surface area contributed by atoms with Crippen LogP contribution in [0.15, 0.2) is 54.7 Å². The van der Waals surface area contributed by atoms with E-state index in [0.717, 1.165) is 49.8 Å². The average Bonchev–Trinajstić information content (AvgIpc) is 3.65. The van der Waals surface area contributed by atoms with Gasteiger partial charge in [-0.25, -0.2) is 9.36 Å². The average molecular weight is 498 g/mol. The molecule has 0 unspecified atom stereocenters. The van der Waals surface area contributed by atoms with E-state index in [-0.39, 0.29) is 12.1 Å². The minimum absolute atomic E-state index is 0.213. The SMILES string of the molecule is CCN(CC)CCCOc1cc2nccc(Oc3cc4ccccc4n3C(=O)NC3CC3)c2cc1C#N. The number of hydrogen-bond donors (Lipinski definition) is 1. The Labute approximate surface area is 216 Å². The van der Waals surface area contributed by atoms with Gasteiger partial charge in [-0.05, 0) is 50.6 Å². The van der Waals surface area contributed by atoms with Gasteiger partial charge in [-0.3, -0.25) is 4.98 Å². The lowest BCUT2D eigenvalue weighted by atomic mass is 10.1. The summed E-state index contributed by atoms with van der Waals surface area (Å²) in [7, 11) is 0. The molecule has 5 rings (SSSR count). The first kappa shape index (κ1) is 24.6. The number of benzene rings is 2. The summed E-state index contributed by atoms with van der Waals surface area (Å²) in [6, 6.07) is 17.1. The number of nitrogens with one attached hydrogen (secondary N) is 1. The molecule has 8 heteroatoms. The van der Waals surface area contributed by atoms with Crippen molar-refractivity contribution in [2.24, 2.45) is 0 Å². The van der Waals surface area contributed by atoms with Crippen LogP contribution in [0.1, 0.15) is 38.7 Å². The van der Waals surface area contributed by atoms with E-state index in [1.807, 2.05) is 30.3 Å². The van der Waals surface area contributed by atoms with Crippen molar-refractivity contribution >= 4 is 27.8 Å². The lowest BCUT2D eigenvalue weighted by Gasteiger charge is -2.18. The van der Waals surface area contributed by atoms with Crippen molar-refractivity contribution in [1.82, 2.24) is 19.8 Å². The van der Waals surface area contributed by atoms with E-state index in [1.54, 1.807) is 29.0 Å². The largest absolute Gasteiger partial charge is 0.492 e. The topological polar surface area (TPSA) is 92.4 Å². The number of hydrogen-bond acceptors (Lipinski definition) is 6. The maximum atomic E-state index is 13.1. The summed E-state index contributed by atoms with van der Waals surface area (Å²) in [5, 5.41) is 14.4. The van der Waals surface area contributed by atoms with Gasteiger partial charge < -0.3 is 19.7 Å². The number of fused-ring (bicyclic) bond motifs is 2. The number of carbonyl (C=O) groups excluding carboxylic acids is 1. The highest BCUT2D eigenvalue weighted by atomic mass is 16.5. The second-order valence-corrected chi connectivity index (χ2v) is 9.22. The Morgan fingerprint density at radius 3 is 2.73 bits per heavy atom. The molecule has 190 valence electrons. The van der Waals surface area contributed by atoms with E-state index in [9.17, 15) is 10.1 Å². The smallest absolute Gasteiger partial charge is 0.329 e. The Balaban J connectivity index is 1.43. The minimum Gasteiger partial charge on any atom is -0.492 e. The van der Waals surface area contributed by atoms with E-state index in [0.29, 0.717) is 40.5 Å². The van der Waals surface area contributed by atoms with Crippen molar-refractivity contribution in [1.29, 1.82) is 5.26 Å². The lowest BCUT2D eigenvalue weighted by molar-refractivity contribution is 0.240. The zero-order valence-corrected chi connectivity index (χ0v) is 21.2. The molecule has 0 atom stereocenters. The molecule has 0 radical (unpaired) electrons. The number of carbonyl (C=O) groups is 1. The lowest BCUT2D eigenvalue weighted by Crippen LogP contribution is -2.30. The molecule has 0 spiro atoms. The molecule has 1 N–H and O–H groups in total. The van der Waals surface area contributed by atoms with E-state index >= 15 is 0 Å². The van der Waals surface area contributed by atoms with Crippen LogP contribution in [-0.2, 0) is 0 Å². The predicted molar refractivity (Wildman–Crippen MR) is 143 cm³/mol. The third-order valence-electron chi connectivity index (χ3n) is 6.69. The summed E-state index contributed by atoms with van der Waals surface area (Å²) >= 11 is 0. The zero-order chi connectivity index (χ0) is 25.8. The van der Waals surface area contributed by atoms with E-state index in [2.05, 4.69) is 35.1 Å². The second kappa shape index (κ2) is 10.9. The molecule has 1 fully saturated rings. The highest BCUT2D eigenvalue weighted by Crippen LogP contribution is 2.35. The van der Waals surface area contributed by atoms with Crippen molar-refractivity contribution < 1.29 is 14.3 Å². The number of amides is 1. The summed E-state index contributed by atoms with van der Waals surface area (Å²) in [6.45, 7) is 7.76. The van der Waals surface area contributed by atoms with Crippen molar-refractivity contribution in [2.75, 3.05) is 26.2 Å². The van der Waals surface area contributed by atoms with Crippen molar-refractivity contribution in [2.45, 2.75) is 39.2 Å². The zero-order valence-electron chi connectivity index (χ0n) is 21.2. The fraction of sp³-hybridized carbons (Fsp3) is 0.345. The fourth-order valence-electron chi connectivity index (χ4n) is 4.45. The number of para-hydroxylation sites is 1. The Morgan fingerprint density at radius 1 is 1.16 bits per heavy atom. The maximum absolute atomic E-state index is 13.1. The first-order valence-corrected chi connectivity index (χ1v) is 12.9. The van der Waals surface area contributed by atoms with Crippen LogP contribution >= 0.6 is 0 Å². The van der Waals surface area contributed by atoms with Crippen molar-refractivity contribution in [3.8, 4) is 23.4 Å². The molecule has 0 aliphatic heterocycles. The molecule has 1 aliphatic carbocycles. The maximum Gasteiger partial charge on any atom is 0.329 e. The van der Waals surface area contributed by atoms with E-state index in [4.69, 9.17) is 9.47 Å². The van der Waals surface area contributed by atoms with Crippen LogP contribution < -0.4 is 14.8 Å². The van der Waals surface area contributed by atoms with Crippen LogP contribution in [0.2, 0.25) is 0 Å². The molecule has 37 heavy (non-hydrogen) atoms. The van der Waals surface area contributed by atoms with Crippen LogP contribution in [0.25, 0.3) is 21.8 Å². The van der Waals surface area contributed by atoms with Crippen LogP contribution in [0.4, 0.5) is 4.79 Å². The number of ether oxygens (including phenoxy) is 2. The van der Waals surface area contributed by atoms with Crippen LogP contribution in [-0.4, -0.2) is 52.8 Å². The molecular weight excluding hydrogens is 466 g/mol. The molecule has 8 nitrogen and oxygen atoms in total. The molecule has 0 saturated heterocycles. The summed E-state index contributed by atoms with van der Waals surface area (Å²) in [5.41, 5.74) is 1.84. The Kier molecular flexibility index (Phi) is 7.24. The van der Waals surface area contributed by atoms with Crippen LogP contribution in [0.3, 0.4) is 0 Å². The molecule has 4 aromatic rings. The molecule has 1 saturated carbocycles. The third-order valence-corrected chi connectivity index (χ3v) is 6.69. The standard InChI is InChI=1S/C29H31N5O3/c1-3-33(4-2)14-7-15-36-27-18-24-23(16-21(27)19-30)26(12-13-31-24)37-28-17-20-8-5-6-9-25(20)34(28)29(35)32-22-10-11-22/h5-6,8-9,12-13,16-18,22H,3-4,7,10-11,14-15H2,1-2H3,(H,32,35). The molecule has 2 aromatic heterocycles. The molecular formula is C29H31N5O3. The number of nitriles is 1. The Bertz CT molecular complexity index is 1460. The van der Waals surface area contributed by atoms with Crippen molar-refractivity contribution in [3.05, 3.63) is 60.3 Å². The van der Waals surface area contributed by atoms with Gasteiger partial charge in [0.25, 0.3) is 0 Å². The Morgan fingerprint density at radius 2 is 1.97 bits per heavy atom. The fourth-order valence-corrected chi connectivity index (χ4v) is 4.45. The van der Waals surface area contributed by atoms with Gasteiger partial charge in [-0.2, -0.15) is 5.26 Å². The van der Waals surface area contributed by atoms with E-state index < -0.39 is 0 Å². The normalized spacial score (nSPS) is 13.1. The van der Waals surface area contributed by atoms with Gasteiger partial charge in [0.15, 0.2) is 0 Å². The molecule has 1 amide bonds.